The Labute approximate surface area is 97.5 Å². The van der Waals surface area contributed by atoms with Crippen LogP contribution < -0.4 is 10.2 Å². The molecular weight excluding hydrogens is 203 g/mol. The van der Waals surface area contributed by atoms with Gasteiger partial charge in [-0.1, -0.05) is 6.92 Å². The fraction of sp³-hybridized carbons (Fsp3) is 0.538. The highest BCUT2D eigenvalue weighted by Crippen LogP contribution is 2.22. The third-order valence-electron chi connectivity index (χ3n) is 2.76. The summed E-state index contributed by atoms with van der Waals surface area (Å²) in [5.41, 5.74) is 2.11. The second-order valence-electron chi connectivity index (χ2n) is 4.26. The normalized spacial score (nSPS) is 10.9. The molecule has 1 N–H and O–H groups in total. The highest BCUT2D eigenvalue weighted by molar-refractivity contribution is 5.53. The van der Waals surface area contributed by atoms with E-state index in [4.69, 9.17) is 0 Å². The van der Waals surface area contributed by atoms with Gasteiger partial charge in [-0.05, 0) is 44.2 Å². The van der Waals surface area contributed by atoms with Crippen molar-refractivity contribution in [2.75, 3.05) is 18.5 Å². The standard InChI is InChI=1S/C13H21FN2/c1-5-15-9-11-8-12(14)6-7-13(11)16(4)10(2)3/h6-8,10,15H,5,9H2,1-4H3. The van der Waals surface area contributed by atoms with Crippen LogP contribution >= 0.6 is 0 Å². The number of benzene rings is 1. The molecule has 0 aliphatic carbocycles. The number of rotatable bonds is 5. The molecule has 1 aromatic rings. The summed E-state index contributed by atoms with van der Waals surface area (Å²) in [6.07, 6.45) is 0. The van der Waals surface area contributed by atoms with Gasteiger partial charge in [0.05, 0.1) is 0 Å². The predicted molar refractivity (Wildman–Crippen MR) is 67.3 cm³/mol. The maximum Gasteiger partial charge on any atom is 0.123 e. The lowest BCUT2D eigenvalue weighted by Crippen LogP contribution is -2.27. The summed E-state index contributed by atoms with van der Waals surface area (Å²) in [6.45, 7) is 7.90. The van der Waals surface area contributed by atoms with Gasteiger partial charge in [-0.15, -0.1) is 0 Å². The molecular formula is C13H21FN2. The largest absolute Gasteiger partial charge is 0.372 e. The number of anilines is 1. The molecule has 0 aliphatic heterocycles. The molecule has 3 heteroatoms. The molecule has 0 heterocycles. The summed E-state index contributed by atoms with van der Waals surface area (Å²) < 4.78 is 13.2. The van der Waals surface area contributed by atoms with E-state index in [1.165, 1.54) is 6.07 Å². The van der Waals surface area contributed by atoms with E-state index in [1.54, 1.807) is 6.07 Å². The molecule has 0 radical (unpaired) electrons. The Kier molecular flexibility index (Phi) is 4.74. The smallest absolute Gasteiger partial charge is 0.123 e. The second-order valence-corrected chi connectivity index (χ2v) is 4.26. The molecule has 0 saturated carbocycles. The van der Waals surface area contributed by atoms with E-state index in [9.17, 15) is 4.39 Å². The fourth-order valence-corrected chi connectivity index (χ4v) is 1.58. The minimum Gasteiger partial charge on any atom is -0.372 e. The van der Waals surface area contributed by atoms with Gasteiger partial charge in [-0.2, -0.15) is 0 Å². The van der Waals surface area contributed by atoms with Crippen molar-refractivity contribution in [3.63, 3.8) is 0 Å². The molecule has 90 valence electrons. The molecule has 0 aromatic heterocycles. The van der Waals surface area contributed by atoms with Crippen molar-refractivity contribution in [2.24, 2.45) is 0 Å². The average molecular weight is 224 g/mol. The zero-order valence-electron chi connectivity index (χ0n) is 10.5. The Morgan fingerprint density at radius 3 is 2.62 bits per heavy atom. The lowest BCUT2D eigenvalue weighted by atomic mass is 10.1. The number of hydrogen-bond donors (Lipinski definition) is 1. The van der Waals surface area contributed by atoms with Crippen LogP contribution in [0.1, 0.15) is 26.3 Å². The van der Waals surface area contributed by atoms with Crippen LogP contribution in [0.25, 0.3) is 0 Å². The lowest BCUT2D eigenvalue weighted by Gasteiger charge is -2.26. The third-order valence-corrected chi connectivity index (χ3v) is 2.76. The van der Waals surface area contributed by atoms with Crippen LogP contribution in [0.5, 0.6) is 0 Å². The Balaban J connectivity index is 2.97. The van der Waals surface area contributed by atoms with Crippen LogP contribution in [0.2, 0.25) is 0 Å². The first-order valence-corrected chi connectivity index (χ1v) is 5.78. The van der Waals surface area contributed by atoms with Gasteiger partial charge in [0, 0.05) is 25.3 Å². The van der Waals surface area contributed by atoms with Gasteiger partial charge in [0.1, 0.15) is 5.82 Å². The molecule has 1 rings (SSSR count). The number of hydrogen-bond acceptors (Lipinski definition) is 2. The van der Waals surface area contributed by atoms with Crippen molar-refractivity contribution in [2.45, 2.75) is 33.4 Å². The summed E-state index contributed by atoms with van der Waals surface area (Å²) in [5.74, 6) is -0.172. The van der Waals surface area contributed by atoms with Gasteiger partial charge in [0.2, 0.25) is 0 Å². The summed E-state index contributed by atoms with van der Waals surface area (Å²) in [6, 6.07) is 5.38. The maximum atomic E-state index is 13.2. The van der Waals surface area contributed by atoms with Crippen molar-refractivity contribution in [1.82, 2.24) is 5.32 Å². The highest BCUT2D eigenvalue weighted by Gasteiger charge is 2.10. The number of nitrogens with zero attached hydrogens (tertiary/aromatic N) is 1. The molecule has 0 aliphatic rings. The minimum atomic E-state index is -0.172. The van der Waals surface area contributed by atoms with E-state index < -0.39 is 0 Å². The predicted octanol–water partition coefficient (Wildman–Crippen LogP) is 2.78. The monoisotopic (exact) mass is 224 g/mol. The van der Waals surface area contributed by atoms with Gasteiger partial charge in [-0.25, -0.2) is 4.39 Å². The second kappa shape index (κ2) is 5.85. The summed E-state index contributed by atoms with van der Waals surface area (Å²) >= 11 is 0. The Hall–Kier alpha value is -1.09. The van der Waals surface area contributed by atoms with Crippen molar-refractivity contribution in [1.29, 1.82) is 0 Å². The molecule has 0 spiro atoms. The highest BCUT2D eigenvalue weighted by atomic mass is 19.1. The van der Waals surface area contributed by atoms with Gasteiger partial charge < -0.3 is 10.2 Å². The third kappa shape index (κ3) is 3.20. The van der Waals surface area contributed by atoms with Gasteiger partial charge in [0.25, 0.3) is 0 Å². The molecule has 0 amide bonds. The van der Waals surface area contributed by atoms with Crippen molar-refractivity contribution in [3.8, 4) is 0 Å². The molecule has 0 saturated heterocycles. The van der Waals surface area contributed by atoms with E-state index in [-0.39, 0.29) is 5.82 Å². The van der Waals surface area contributed by atoms with Crippen LogP contribution in [-0.2, 0) is 6.54 Å². The van der Waals surface area contributed by atoms with Crippen molar-refractivity contribution in [3.05, 3.63) is 29.6 Å². The van der Waals surface area contributed by atoms with Gasteiger partial charge in [-0.3, -0.25) is 0 Å². The number of halogens is 1. The maximum absolute atomic E-state index is 13.2. The zero-order valence-corrected chi connectivity index (χ0v) is 10.5. The SMILES string of the molecule is CCNCc1cc(F)ccc1N(C)C(C)C. The van der Waals surface area contributed by atoms with E-state index in [0.29, 0.717) is 12.6 Å². The molecule has 0 unspecified atom stereocenters. The van der Waals surface area contributed by atoms with Crippen molar-refractivity contribution >= 4 is 5.69 Å². The first-order valence-electron chi connectivity index (χ1n) is 5.78. The van der Waals surface area contributed by atoms with Gasteiger partial charge in [0.15, 0.2) is 0 Å². The minimum absolute atomic E-state index is 0.172. The first kappa shape index (κ1) is 13.0. The van der Waals surface area contributed by atoms with Gasteiger partial charge >= 0.3 is 0 Å². The van der Waals surface area contributed by atoms with Crippen LogP contribution in [0.15, 0.2) is 18.2 Å². The summed E-state index contributed by atoms with van der Waals surface area (Å²) in [4.78, 5) is 2.16. The fourth-order valence-electron chi connectivity index (χ4n) is 1.58. The first-order chi connectivity index (χ1) is 7.56. The zero-order chi connectivity index (χ0) is 12.1. The Morgan fingerprint density at radius 2 is 2.06 bits per heavy atom. The summed E-state index contributed by atoms with van der Waals surface area (Å²) in [5, 5.41) is 3.23. The molecule has 16 heavy (non-hydrogen) atoms. The topological polar surface area (TPSA) is 15.3 Å². The Bertz CT molecular complexity index is 337. The molecule has 0 fully saturated rings. The molecule has 0 atom stereocenters. The van der Waals surface area contributed by atoms with E-state index in [2.05, 4.69) is 24.1 Å². The quantitative estimate of drug-likeness (QED) is 0.827. The van der Waals surface area contributed by atoms with E-state index in [0.717, 1.165) is 17.8 Å². The van der Waals surface area contributed by atoms with Crippen LogP contribution in [0.3, 0.4) is 0 Å². The van der Waals surface area contributed by atoms with Crippen molar-refractivity contribution < 1.29 is 4.39 Å². The van der Waals surface area contributed by atoms with E-state index >= 15 is 0 Å². The van der Waals surface area contributed by atoms with Crippen LogP contribution in [0, 0.1) is 5.82 Å². The molecule has 2 nitrogen and oxygen atoms in total. The van der Waals surface area contributed by atoms with Crippen LogP contribution in [0.4, 0.5) is 10.1 Å². The molecule has 1 aromatic carbocycles. The Morgan fingerprint density at radius 1 is 1.38 bits per heavy atom. The lowest BCUT2D eigenvalue weighted by molar-refractivity contribution is 0.620. The summed E-state index contributed by atoms with van der Waals surface area (Å²) in [7, 11) is 2.04. The van der Waals surface area contributed by atoms with Crippen LogP contribution in [-0.4, -0.2) is 19.6 Å². The number of nitrogens with one attached hydrogen (secondary N) is 1. The molecule has 0 bridgehead atoms. The average Bonchev–Trinajstić information content (AvgIpc) is 2.25. The van der Waals surface area contributed by atoms with E-state index in [1.807, 2.05) is 20.0 Å².